The van der Waals surface area contributed by atoms with Gasteiger partial charge >= 0.3 is 0 Å². The fraction of sp³-hybridized carbons (Fsp3) is 0.381. The highest BCUT2D eigenvalue weighted by Gasteiger charge is 2.12. The topological polar surface area (TPSA) is 21.1 Å². The van der Waals surface area contributed by atoms with Crippen LogP contribution in [0.3, 0.4) is 0 Å². The maximum absolute atomic E-state index is 4.76. The van der Waals surface area contributed by atoms with Gasteiger partial charge in [-0.25, -0.2) is 4.68 Å². The zero-order valence-corrected chi connectivity index (χ0v) is 14.4. The maximum atomic E-state index is 4.76. The van der Waals surface area contributed by atoms with Gasteiger partial charge in [-0.15, -0.1) is 0 Å². The van der Waals surface area contributed by atoms with Gasteiger partial charge in [-0.2, -0.15) is 5.10 Å². The van der Waals surface area contributed by atoms with Crippen molar-refractivity contribution in [3.8, 4) is 5.69 Å². The van der Waals surface area contributed by atoms with E-state index in [4.69, 9.17) is 5.10 Å². The van der Waals surface area contributed by atoms with Gasteiger partial charge in [0, 0.05) is 11.9 Å². The Bertz CT molecular complexity index is 814. The largest absolute Gasteiger partial charge is 0.303 e. The normalized spacial score (nSPS) is 15.9. The van der Waals surface area contributed by atoms with E-state index in [9.17, 15) is 0 Å². The molecule has 0 aliphatic carbocycles. The van der Waals surface area contributed by atoms with Crippen LogP contribution in [0.5, 0.6) is 0 Å². The van der Waals surface area contributed by atoms with E-state index in [-0.39, 0.29) is 0 Å². The summed E-state index contributed by atoms with van der Waals surface area (Å²) < 4.78 is 2.05. The van der Waals surface area contributed by atoms with Gasteiger partial charge in [0.2, 0.25) is 0 Å². The van der Waals surface area contributed by atoms with Crippen LogP contribution in [0.15, 0.2) is 48.5 Å². The van der Waals surface area contributed by atoms with Gasteiger partial charge in [0.1, 0.15) is 0 Å². The SMILES string of the molecule is Cc1nn(-c2ccccc2)c2ccc(CCN3CCCCC3)cc12. The van der Waals surface area contributed by atoms with Crippen LogP contribution in [-0.4, -0.2) is 34.3 Å². The summed E-state index contributed by atoms with van der Waals surface area (Å²) in [6.45, 7) is 5.83. The molecular formula is C21H25N3. The van der Waals surface area contributed by atoms with Gasteiger partial charge in [-0.3, -0.25) is 0 Å². The smallest absolute Gasteiger partial charge is 0.0744 e. The summed E-state index contributed by atoms with van der Waals surface area (Å²) in [6.07, 6.45) is 5.26. The molecule has 1 fully saturated rings. The van der Waals surface area contributed by atoms with Crippen molar-refractivity contribution in [2.45, 2.75) is 32.6 Å². The van der Waals surface area contributed by atoms with E-state index < -0.39 is 0 Å². The third-order valence-electron chi connectivity index (χ3n) is 5.10. The van der Waals surface area contributed by atoms with Gasteiger partial charge in [-0.1, -0.05) is 30.7 Å². The highest BCUT2D eigenvalue weighted by Crippen LogP contribution is 2.23. The molecule has 0 unspecified atom stereocenters. The number of hydrogen-bond acceptors (Lipinski definition) is 2. The zero-order chi connectivity index (χ0) is 16.4. The number of piperidine rings is 1. The van der Waals surface area contributed by atoms with Crippen molar-refractivity contribution in [3.05, 3.63) is 59.8 Å². The van der Waals surface area contributed by atoms with Crippen LogP contribution < -0.4 is 0 Å². The molecule has 0 spiro atoms. The third kappa shape index (κ3) is 3.09. The average Bonchev–Trinajstić information content (AvgIpc) is 2.98. The molecule has 3 aromatic rings. The molecule has 1 aromatic heterocycles. The predicted octanol–water partition coefficient (Wildman–Crippen LogP) is 4.36. The number of hydrogen-bond donors (Lipinski definition) is 0. The lowest BCUT2D eigenvalue weighted by Crippen LogP contribution is -2.31. The van der Waals surface area contributed by atoms with Crippen molar-refractivity contribution in [1.29, 1.82) is 0 Å². The number of likely N-dealkylation sites (tertiary alicyclic amines) is 1. The standard InChI is InChI=1S/C21H25N3/c1-17-20-16-18(12-15-23-13-6-3-7-14-23)10-11-21(20)24(22-17)19-8-4-2-5-9-19/h2,4-5,8-11,16H,3,6-7,12-15H2,1H3. The molecule has 0 N–H and O–H groups in total. The van der Waals surface area contributed by atoms with Crippen molar-refractivity contribution in [1.82, 2.24) is 14.7 Å². The minimum Gasteiger partial charge on any atom is -0.303 e. The van der Waals surface area contributed by atoms with Crippen LogP contribution in [-0.2, 0) is 6.42 Å². The molecule has 0 amide bonds. The second kappa shape index (κ2) is 6.78. The lowest BCUT2D eigenvalue weighted by atomic mass is 10.1. The Hall–Kier alpha value is -2.13. The van der Waals surface area contributed by atoms with Crippen LogP contribution in [0.4, 0.5) is 0 Å². The van der Waals surface area contributed by atoms with Gasteiger partial charge in [0.25, 0.3) is 0 Å². The average molecular weight is 319 g/mol. The van der Waals surface area contributed by atoms with E-state index in [1.165, 1.54) is 55.4 Å². The number of aryl methyl sites for hydroxylation is 1. The molecular weight excluding hydrogens is 294 g/mol. The minimum absolute atomic E-state index is 1.11. The molecule has 0 saturated carbocycles. The number of fused-ring (bicyclic) bond motifs is 1. The number of aromatic nitrogens is 2. The van der Waals surface area contributed by atoms with Crippen LogP contribution in [0, 0.1) is 6.92 Å². The lowest BCUT2D eigenvalue weighted by molar-refractivity contribution is 0.231. The summed E-state index contributed by atoms with van der Waals surface area (Å²) in [7, 11) is 0. The molecule has 2 heterocycles. The Balaban J connectivity index is 1.58. The summed E-state index contributed by atoms with van der Waals surface area (Å²) in [5.41, 5.74) is 4.84. The third-order valence-corrected chi connectivity index (χ3v) is 5.10. The van der Waals surface area contributed by atoms with Crippen LogP contribution in [0.25, 0.3) is 16.6 Å². The van der Waals surface area contributed by atoms with Crippen molar-refractivity contribution in [2.75, 3.05) is 19.6 Å². The second-order valence-electron chi connectivity index (χ2n) is 6.84. The summed E-state index contributed by atoms with van der Waals surface area (Å²) in [4.78, 5) is 2.61. The molecule has 0 radical (unpaired) electrons. The van der Waals surface area contributed by atoms with Gasteiger partial charge in [-0.05, 0) is 69.1 Å². The molecule has 24 heavy (non-hydrogen) atoms. The first-order chi connectivity index (χ1) is 11.8. The quantitative estimate of drug-likeness (QED) is 0.712. The van der Waals surface area contributed by atoms with Crippen LogP contribution in [0.1, 0.15) is 30.5 Å². The number of nitrogens with zero attached hydrogens (tertiary/aromatic N) is 3. The molecule has 1 saturated heterocycles. The Labute approximate surface area is 143 Å². The van der Waals surface area contributed by atoms with Crippen molar-refractivity contribution in [3.63, 3.8) is 0 Å². The fourth-order valence-electron chi connectivity index (χ4n) is 3.71. The Morgan fingerprint density at radius 2 is 1.75 bits per heavy atom. The fourth-order valence-corrected chi connectivity index (χ4v) is 3.71. The molecule has 124 valence electrons. The monoisotopic (exact) mass is 319 g/mol. The van der Waals surface area contributed by atoms with E-state index in [0.29, 0.717) is 0 Å². The molecule has 2 aromatic carbocycles. The molecule has 1 aliphatic rings. The number of para-hydroxylation sites is 1. The highest BCUT2D eigenvalue weighted by atomic mass is 15.3. The molecule has 3 nitrogen and oxygen atoms in total. The Morgan fingerprint density at radius 3 is 2.54 bits per heavy atom. The number of rotatable bonds is 4. The van der Waals surface area contributed by atoms with Crippen molar-refractivity contribution < 1.29 is 0 Å². The van der Waals surface area contributed by atoms with Crippen molar-refractivity contribution >= 4 is 10.9 Å². The predicted molar refractivity (Wildman–Crippen MR) is 99.8 cm³/mol. The van der Waals surface area contributed by atoms with E-state index in [2.05, 4.69) is 59.0 Å². The van der Waals surface area contributed by atoms with Gasteiger partial charge in [0.15, 0.2) is 0 Å². The van der Waals surface area contributed by atoms with Crippen LogP contribution >= 0.6 is 0 Å². The first kappa shape index (κ1) is 15.4. The van der Waals surface area contributed by atoms with Crippen LogP contribution in [0.2, 0.25) is 0 Å². The minimum atomic E-state index is 1.11. The van der Waals surface area contributed by atoms with E-state index in [1.54, 1.807) is 0 Å². The molecule has 1 aliphatic heterocycles. The summed E-state index contributed by atoms with van der Waals surface area (Å²) in [5, 5.41) is 6.03. The second-order valence-corrected chi connectivity index (χ2v) is 6.84. The Kier molecular flexibility index (Phi) is 4.35. The first-order valence-corrected chi connectivity index (χ1v) is 9.07. The summed E-state index contributed by atoms with van der Waals surface area (Å²) >= 11 is 0. The maximum Gasteiger partial charge on any atom is 0.0744 e. The molecule has 3 heteroatoms. The molecule has 0 bridgehead atoms. The number of benzene rings is 2. The van der Waals surface area contributed by atoms with Crippen molar-refractivity contribution in [2.24, 2.45) is 0 Å². The Morgan fingerprint density at radius 1 is 0.958 bits per heavy atom. The van der Waals surface area contributed by atoms with Gasteiger partial charge < -0.3 is 4.90 Å². The highest BCUT2D eigenvalue weighted by molar-refractivity contribution is 5.84. The van der Waals surface area contributed by atoms with Gasteiger partial charge in [0.05, 0.1) is 16.9 Å². The van der Waals surface area contributed by atoms with E-state index >= 15 is 0 Å². The first-order valence-electron chi connectivity index (χ1n) is 9.07. The lowest BCUT2D eigenvalue weighted by Gasteiger charge is -2.26. The zero-order valence-electron chi connectivity index (χ0n) is 14.4. The van der Waals surface area contributed by atoms with E-state index in [1.807, 2.05) is 6.07 Å². The molecule has 4 rings (SSSR count). The summed E-state index contributed by atoms with van der Waals surface area (Å²) in [5.74, 6) is 0. The van der Waals surface area contributed by atoms with E-state index in [0.717, 1.165) is 17.8 Å². The molecule has 0 atom stereocenters. The summed E-state index contributed by atoms with van der Waals surface area (Å²) in [6, 6.07) is 17.2.